The summed E-state index contributed by atoms with van der Waals surface area (Å²) in [6.07, 6.45) is 6.32. The van der Waals surface area contributed by atoms with Crippen LogP contribution in [0, 0.1) is 0 Å². The molecule has 0 radical (unpaired) electrons. The Kier molecular flexibility index (Phi) is 5.32. The van der Waals surface area contributed by atoms with Crippen LogP contribution in [0.2, 0.25) is 0 Å². The molecule has 2 aliphatic heterocycles. The fourth-order valence-corrected chi connectivity index (χ4v) is 2.17. The van der Waals surface area contributed by atoms with Crippen LogP contribution < -0.4 is 0 Å². The zero-order valence-corrected chi connectivity index (χ0v) is 11.4. The minimum absolute atomic E-state index is 0.107. The van der Waals surface area contributed by atoms with Gasteiger partial charge in [-0.15, -0.1) is 0 Å². The summed E-state index contributed by atoms with van der Waals surface area (Å²) < 4.78 is 22.6. The predicted octanol–water partition coefficient (Wildman–Crippen LogP) is 3.32. The van der Waals surface area contributed by atoms with Gasteiger partial charge in [0, 0.05) is 12.8 Å². The van der Waals surface area contributed by atoms with Crippen LogP contribution in [0.25, 0.3) is 0 Å². The van der Waals surface area contributed by atoms with Crippen molar-refractivity contribution in [2.24, 2.45) is 0 Å². The summed E-state index contributed by atoms with van der Waals surface area (Å²) in [6.45, 7) is 5.44. The first-order valence-corrected chi connectivity index (χ1v) is 6.99. The molecule has 0 saturated carbocycles. The van der Waals surface area contributed by atoms with Gasteiger partial charge in [-0.2, -0.15) is 0 Å². The molecule has 2 unspecified atom stereocenters. The first-order valence-electron chi connectivity index (χ1n) is 6.99. The number of ether oxygens (including phenoxy) is 4. The van der Waals surface area contributed by atoms with E-state index >= 15 is 0 Å². The van der Waals surface area contributed by atoms with Crippen LogP contribution in [-0.4, -0.2) is 25.8 Å². The molecule has 104 valence electrons. The van der Waals surface area contributed by atoms with E-state index in [1.807, 2.05) is 13.8 Å². The van der Waals surface area contributed by atoms with Crippen LogP contribution in [0.4, 0.5) is 0 Å². The average molecular weight is 256 g/mol. The van der Waals surface area contributed by atoms with Crippen molar-refractivity contribution < 1.29 is 18.9 Å². The Morgan fingerprint density at radius 3 is 1.56 bits per heavy atom. The lowest BCUT2D eigenvalue weighted by Gasteiger charge is -2.27. The van der Waals surface area contributed by atoms with Crippen molar-refractivity contribution in [1.29, 1.82) is 0 Å². The lowest BCUT2D eigenvalue weighted by molar-refractivity contribution is -0.157. The summed E-state index contributed by atoms with van der Waals surface area (Å²) in [5.41, 5.74) is 0. The van der Waals surface area contributed by atoms with Gasteiger partial charge < -0.3 is 18.9 Å². The fourth-order valence-electron chi connectivity index (χ4n) is 2.17. The quantitative estimate of drug-likeness (QED) is 0.723. The van der Waals surface area contributed by atoms with Crippen LogP contribution in [-0.2, 0) is 18.9 Å². The van der Waals surface area contributed by atoms with Gasteiger partial charge in [0.05, 0.1) is 13.2 Å². The highest BCUT2D eigenvalue weighted by Crippen LogP contribution is 2.21. The third-order valence-corrected chi connectivity index (χ3v) is 3.39. The Morgan fingerprint density at radius 1 is 0.778 bits per heavy atom. The van der Waals surface area contributed by atoms with E-state index in [1.54, 1.807) is 0 Å². The van der Waals surface area contributed by atoms with E-state index in [0.717, 1.165) is 50.4 Å². The first kappa shape index (κ1) is 13.7. The van der Waals surface area contributed by atoms with Crippen LogP contribution >= 0.6 is 0 Å². The largest absolute Gasteiger partial charge is 0.466 e. The van der Waals surface area contributed by atoms with Gasteiger partial charge in [0.15, 0.2) is 12.6 Å². The number of allylic oxidation sites excluding steroid dienone is 2. The summed E-state index contributed by atoms with van der Waals surface area (Å²) in [7, 11) is 0. The monoisotopic (exact) mass is 256 g/mol. The highest BCUT2D eigenvalue weighted by atomic mass is 16.7. The van der Waals surface area contributed by atoms with Crippen molar-refractivity contribution in [3.8, 4) is 0 Å². The van der Waals surface area contributed by atoms with Crippen molar-refractivity contribution in [1.82, 2.24) is 0 Å². The summed E-state index contributed by atoms with van der Waals surface area (Å²) in [5, 5.41) is 0. The first-order chi connectivity index (χ1) is 8.75. The van der Waals surface area contributed by atoms with Crippen LogP contribution in [0.1, 0.15) is 52.4 Å². The maximum atomic E-state index is 5.77. The van der Waals surface area contributed by atoms with Crippen molar-refractivity contribution in [3.63, 3.8) is 0 Å². The molecule has 2 fully saturated rings. The standard InChI is InChI=1S/C14H24O4/c1-11(17-13-7-3-5-9-15-13)12(2)18-14-8-4-6-10-16-14/h13-14H,3-10H2,1-2H3. The van der Waals surface area contributed by atoms with Crippen LogP contribution in [0.3, 0.4) is 0 Å². The van der Waals surface area contributed by atoms with Crippen molar-refractivity contribution in [2.45, 2.75) is 65.0 Å². The molecule has 4 nitrogen and oxygen atoms in total. The Bertz CT molecular complexity index is 248. The van der Waals surface area contributed by atoms with Gasteiger partial charge in [-0.25, -0.2) is 0 Å². The smallest absolute Gasteiger partial charge is 0.199 e. The molecule has 2 rings (SSSR count). The number of hydrogen-bond acceptors (Lipinski definition) is 4. The summed E-state index contributed by atoms with van der Waals surface area (Å²) in [6, 6.07) is 0. The summed E-state index contributed by atoms with van der Waals surface area (Å²) >= 11 is 0. The molecule has 2 heterocycles. The second kappa shape index (κ2) is 7.00. The molecule has 18 heavy (non-hydrogen) atoms. The van der Waals surface area contributed by atoms with E-state index in [-0.39, 0.29) is 12.6 Å². The average Bonchev–Trinajstić information content (AvgIpc) is 2.41. The minimum atomic E-state index is -0.107. The van der Waals surface area contributed by atoms with Crippen molar-refractivity contribution in [3.05, 3.63) is 11.5 Å². The van der Waals surface area contributed by atoms with Gasteiger partial charge in [-0.05, 0) is 39.5 Å². The highest BCUT2D eigenvalue weighted by molar-refractivity contribution is 4.95. The fraction of sp³-hybridized carbons (Fsp3) is 0.857. The molecule has 0 aromatic rings. The summed E-state index contributed by atoms with van der Waals surface area (Å²) in [5.74, 6) is 1.60. The third kappa shape index (κ3) is 4.18. The lowest BCUT2D eigenvalue weighted by Crippen LogP contribution is -2.24. The van der Waals surface area contributed by atoms with E-state index in [4.69, 9.17) is 18.9 Å². The Hall–Kier alpha value is -0.740. The van der Waals surface area contributed by atoms with Gasteiger partial charge in [0.25, 0.3) is 0 Å². The molecular weight excluding hydrogens is 232 g/mol. The van der Waals surface area contributed by atoms with Crippen LogP contribution in [0.5, 0.6) is 0 Å². The van der Waals surface area contributed by atoms with E-state index in [0.29, 0.717) is 0 Å². The predicted molar refractivity (Wildman–Crippen MR) is 67.7 cm³/mol. The minimum Gasteiger partial charge on any atom is -0.466 e. The highest BCUT2D eigenvalue weighted by Gasteiger charge is 2.19. The lowest BCUT2D eigenvalue weighted by atomic mass is 10.2. The Labute approximate surface area is 109 Å². The van der Waals surface area contributed by atoms with E-state index in [2.05, 4.69) is 0 Å². The van der Waals surface area contributed by atoms with Gasteiger partial charge in [0.2, 0.25) is 0 Å². The van der Waals surface area contributed by atoms with E-state index in [9.17, 15) is 0 Å². The maximum absolute atomic E-state index is 5.77. The molecule has 0 spiro atoms. The topological polar surface area (TPSA) is 36.9 Å². The SMILES string of the molecule is CC(OC1CCCCO1)=C(C)OC1CCCCO1. The molecule has 0 aromatic carbocycles. The zero-order chi connectivity index (χ0) is 12.8. The molecule has 2 atom stereocenters. The molecule has 0 bridgehead atoms. The molecule has 0 N–H and O–H groups in total. The normalized spacial score (nSPS) is 30.6. The van der Waals surface area contributed by atoms with E-state index < -0.39 is 0 Å². The number of rotatable bonds is 4. The Morgan fingerprint density at radius 2 is 1.22 bits per heavy atom. The molecule has 0 amide bonds. The zero-order valence-electron chi connectivity index (χ0n) is 11.4. The maximum Gasteiger partial charge on any atom is 0.199 e. The third-order valence-electron chi connectivity index (χ3n) is 3.39. The van der Waals surface area contributed by atoms with Crippen molar-refractivity contribution >= 4 is 0 Å². The van der Waals surface area contributed by atoms with Gasteiger partial charge in [-0.1, -0.05) is 0 Å². The molecule has 0 aliphatic carbocycles. The molecule has 4 heteroatoms. The van der Waals surface area contributed by atoms with Crippen molar-refractivity contribution in [2.75, 3.05) is 13.2 Å². The molecule has 2 aliphatic rings. The van der Waals surface area contributed by atoms with Gasteiger partial charge in [0.1, 0.15) is 11.5 Å². The summed E-state index contributed by atoms with van der Waals surface area (Å²) in [4.78, 5) is 0. The van der Waals surface area contributed by atoms with E-state index in [1.165, 1.54) is 12.8 Å². The molecule has 2 saturated heterocycles. The van der Waals surface area contributed by atoms with Gasteiger partial charge in [-0.3, -0.25) is 0 Å². The number of hydrogen-bond donors (Lipinski definition) is 0. The van der Waals surface area contributed by atoms with Crippen LogP contribution in [0.15, 0.2) is 11.5 Å². The second-order valence-electron chi connectivity index (χ2n) is 4.94. The second-order valence-corrected chi connectivity index (χ2v) is 4.94. The molecule has 0 aromatic heterocycles. The Balaban J connectivity index is 1.79. The molecular formula is C14H24O4. The van der Waals surface area contributed by atoms with Gasteiger partial charge >= 0.3 is 0 Å².